The molecular formula is C15H10BrF3N2O3. The number of alkyl halides is 3. The molecule has 5 nitrogen and oxygen atoms in total. The smallest absolute Gasteiger partial charge is 0.406 e. The molecule has 2 aromatic rings. The number of amides is 3. The molecule has 2 rings (SSSR count). The lowest BCUT2D eigenvalue weighted by Gasteiger charge is -2.11. The molecule has 0 aliphatic carbocycles. The number of anilines is 1. The molecule has 0 radical (unpaired) electrons. The van der Waals surface area contributed by atoms with Crippen LogP contribution in [0.4, 0.5) is 23.7 Å². The highest BCUT2D eigenvalue weighted by molar-refractivity contribution is 9.10. The number of ether oxygens (including phenoxy) is 1. The van der Waals surface area contributed by atoms with E-state index in [1.54, 1.807) is 18.2 Å². The van der Waals surface area contributed by atoms with Gasteiger partial charge in [-0.2, -0.15) is 0 Å². The highest BCUT2D eigenvalue weighted by Gasteiger charge is 2.31. The molecule has 0 unspecified atom stereocenters. The van der Waals surface area contributed by atoms with Crippen molar-refractivity contribution in [3.05, 3.63) is 58.6 Å². The summed E-state index contributed by atoms with van der Waals surface area (Å²) >= 11 is 3.18. The van der Waals surface area contributed by atoms with Gasteiger partial charge in [-0.05, 0) is 40.2 Å². The molecule has 24 heavy (non-hydrogen) atoms. The zero-order chi connectivity index (χ0) is 17.7. The predicted octanol–water partition coefficient (Wildman–Crippen LogP) is 4.31. The molecule has 0 spiro atoms. The third-order valence-corrected chi connectivity index (χ3v) is 3.36. The number of imide groups is 1. The minimum atomic E-state index is -4.84. The van der Waals surface area contributed by atoms with Crippen molar-refractivity contribution in [1.82, 2.24) is 5.32 Å². The summed E-state index contributed by atoms with van der Waals surface area (Å²) in [4.78, 5) is 23.7. The van der Waals surface area contributed by atoms with Gasteiger partial charge in [0, 0.05) is 16.2 Å². The minimum Gasteiger partial charge on any atom is -0.406 e. The lowest BCUT2D eigenvalue weighted by Crippen LogP contribution is -2.34. The van der Waals surface area contributed by atoms with Gasteiger partial charge in [-0.3, -0.25) is 10.1 Å². The van der Waals surface area contributed by atoms with Gasteiger partial charge in [0.25, 0.3) is 5.91 Å². The number of benzene rings is 2. The average molecular weight is 403 g/mol. The van der Waals surface area contributed by atoms with Crippen LogP contribution in [0.5, 0.6) is 5.75 Å². The maximum absolute atomic E-state index is 12.2. The Labute approximate surface area is 142 Å². The molecule has 0 bridgehead atoms. The van der Waals surface area contributed by atoms with Crippen LogP contribution in [0.1, 0.15) is 10.4 Å². The summed E-state index contributed by atoms with van der Waals surface area (Å²) < 4.78 is 40.7. The van der Waals surface area contributed by atoms with Crippen LogP contribution in [-0.4, -0.2) is 18.3 Å². The minimum absolute atomic E-state index is 0.0363. The molecule has 0 aromatic heterocycles. The fourth-order valence-electron chi connectivity index (χ4n) is 1.75. The third-order valence-electron chi connectivity index (χ3n) is 2.67. The normalized spacial score (nSPS) is 10.8. The number of carbonyl (C=O) groups is 2. The van der Waals surface area contributed by atoms with E-state index in [0.29, 0.717) is 4.47 Å². The van der Waals surface area contributed by atoms with Crippen LogP contribution < -0.4 is 15.4 Å². The summed E-state index contributed by atoms with van der Waals surface area (Å²) in [5.41, 5.74) is 0.274. The Kier molecular flexibility index (Phi) is 5.45. The van der Waals surface area contributed by atoms with Gasteiger partial charge in [0.2, 0.25) is 0 Å². The molecule has 0 saturated heterocycles. The number of hydrogen-bond donors (Lipinski definition) is 2. The second-order valence-corrected chi connectivity index (χ2v) is 5.32. The van der Waals surface area contributed by atoms with Crippen LogP contribution in [0.3, 0.4) is 0 Å². The Hall–Kier alpha value is -2.55. The summed E-state index contributed by atoms with van der Waals surface area (Å²) in [6.45, 7) is 0. The Bertz CT molecular complexity index is 766. The molecular weight excluding hydrogens is 393 g/mol. The van der Waals surface area contributed by atoms with Gasteiger partial charge in [0.05, 0.1) is 5.56 Å². The molecule has 0 atom stereocenters. The van der Waals surface area contributed by atoms with Crippen molar-refractivity contribution in [2.75, 3.05) is 5.32 Å². The van der Waals surface area contributed by atoms with E-state index in [2.05, 4.69) is 31.3 Å². The van der Waals surface area contributed by atoms with E-state index in [1.807, 2.05) is 0 Å². The topological polar surface area (TPSA) is 67.4 Å². The Morgan fingerprint density at radius 2 is 1.75 bits per heavy atom. The second kappa shape index (κ2) is 7.35. The zero-order valence-corrected chi connectivity index (χ0v) is 13.4. The zero-order valence-electron chi connectivity index (χ0n) is 11.9. The molecule has 0 fully saturated rings. The van der Waals surface area contributed by atoms with Crippen LogP contribution in [0, 0.1) is 0 Å². The van der Waals surface area contributed by atoms with E-state index in [9.17, 15) is 22.8 Å². The van der Waals surface area contributed by atoms with Crippen molar-refractivity contribution in [1.29, 1.82) is 0 Å². The first-order valence-electron chi connectivity index (χ1n) is 6.47. The van der Waals surface area contributed by atoms with Gasteiger partial charge in [-0.15, -0.1) is 13.2 Å². The lowest BCUT2D eigenvalue weighted by molar-refractivity contribution is -0.274. The molecule has 2 aromatic carbocycles. The lowest BCUT2D eigenvalue weighted by atomic mass is 10.2. The van der Waals surface area contributed by atoms with Gasteiger partial charge in [0.1, 0.15) is 5.75 Å². The Morgan fingerprint density at radius 1 is 1.04 bits per heavy atom. The summed E-state index contributed by atoms with van der Waals surface area (Å²) in [6, 6.07) is 10.3. The van der Waals surface area contributed by atoms with E-state index in [4.69, 9.17) is 0 Å². The van der Waals surface area contributed by atoms with Crippen LogP contribution in [-0.2, 0) is 0 Å². The monoisotopic (exact) mass is 402 g/mol. The van der Waals surface area contributed by atoms with E-state index in [0.717, 1.165) is 12.1 Å². The first-order chi connectivity index (χ1) is 11.2. The summed E-state index contributed by atoms with van der Waals surface area (Å²) in [5, 5.41) is 4.33. The van der Waals surface area contributed by atoms with Crippen molar-refractivity contribution in [3.8, 4) is 5.75 Å². The van der Waals surface area contributed by atoms with Crippen molar-refractivity contribution in [3.63, 3.8) is 0 Å². The molecule has 0 saturated carbocycles. The number of nitrogens with one attached hydrogen (secondary N) is 2. The van der Waals surface area contributed by atoms with E-state index >= 15 is 0 Å². The number of halogens is 4. The fourth-order valence-corrected chi connectivity index (χ4v) is 2.21. The molecule has 0 aliphatic rings. The van der Waals surface area contributed by atoms with Gasteiger partial charge >= 0.3 is 12.4 Å². The number of urea groups is 1. The van der Waals surface area contributed by atoms with Gasteiger partial charge in [0.15, 0.2) is 0 Å². The number of hydrogen-bond acceptors (Lipinski definition) is 3. The second-order valence-electron chi connectivity index (χ2n) is 4.46. The summed E-state index contributed by atoms with van der Waals surface area (Å²) in [7, 11) is 0. The Morgan fingerprint density at radius 3 is 2.42 bits per heavy atom. The van der Waals surface area contributed by atoms with E-state index in [1.165, 1.54) is 18.2 Å². The van der Waals surface area contributed by atoms with Crippen LogP contribution in [0.25, 0.3) is 0 Å². The van der Waals surface area contributed by atoms with Crippen molar-refractivity contribution >= 4 is 33.6 Å². The van der Waals surface area contributed by atoms with Crippen molar-refractivity contribution < 1.29 is 27.5 Å². The maximum atomic E-state index is 12.2. The molecule has 126 valence electrons. The molecule has 2 N–H and O–H groups in total. The molecule has 0 heterocycles. The molecule has 3 amide bonds. The summed E-state index contributed by atoms with van der Waals surface area (Å²) in [5.74, 6) is -1.15. The quantitative estimate of drug-likeness (QED) is 0.803. The van der Waals surface area contributed by atoms with Crippen LogP contribution in [0.2, 0.25) is 0 Å². The first-order valence-corrected chi connectivity index (χ1v) is 7.26. The highest BCUT2D eigenvalue weighted by Crippen LogP contribution is 2.25. The van der Waals surface area contributed by atoms with E-state index < -0.39 is 24.1 Å². The van der Waals surface area contributed by atoms with Gasteiger partial charge < -0.3 is 10.1 Å². The number of rotatable bonds is 3. The van der Waals surface area contributed by atoms with Crippen molar-refractivity contribution in [2.45, 2.75) is 6.36 Å². The largest absolute Gasteiger partial charge is 0.573 e. The molecule has 0 aliphatic heterocycles. The maximum Gasteiger partial charge on any atom is 0.573 e. The van der Waals surface area contributed by atoms with E-state index in [-0.39, 0.29) is 11.3 Å². The van der Waals surface area contributed by atoms with Crippen LogP contribution >= 0.6 is 15.9 Å². The number of carbonyl (C=O) groups excluding carboxylic acids is 2. The highest BCUT2D eigenvalue weighted by atomic mass is 79.9. The fraction of sp³-hybridized carbons (Fsp3) is 0.0667. The van der Waals surface area contributed by atoms with Gasteiger partial charge in [-0.1, -0.05) is 18.2 Å². The molecule has 9 heteroatoms. The predicted molar refractivity (Wildman–Crippen MR) is 83.8 cm³/mol. The Balaban J connectivity index is 2.01. The van der Waals surface area contributed by atoms with Crippen molar-refractivity contribution in [2.24, 2.45) is 0 Å². The van der Waals surface area contributed by atoms with Gasteiger partial charge in [-0.25, -0.2) is 4.79 Å². The summed E-state index contributed by atoms with van der Waals surface area (Å²) in [6.07, 6.45) is -4.84. The van der Waals surface area contributed by atoms with Crippen LogP contribution in [0.15, 0.2) is 53.0 Å². The standard InChI is InChI=1S/C15H10BrF3N2O3/c16-12-7-2-1-6-11(12)13(22)21-14(23)20-9-4-3-5-10(8-9)24-15(17,18)19/h1-8H,(H2,20,21,22,23). The SMILES string of the molecule is O=C(NC(=O)c1ccccc1Br)Nc1cccc(OC(F)(F)F)c1. The average Bonchev–Trinajstić information content (AvgIpc) is 2.45. The third kappa shape index (κ3) is 5.27. The first kappa shape index (κ1) is 17.8.